The Morgan fingerprint density at radius 2 is 1.60 bits per heavy atom. The summed E-state index contributed by atoms with van der Waals surface area (Å²) in [7, 11) is -0.955. The minimum atomic E-state index is -3.88. The van der Waals surface area contributed by atoms with Crippen LogP contribution in [0, 0.1) is 12.8 Å². The molecule has 0 fully saturated rings. The van der Waals surface area contributed by atoms with Crippen LogP contribution >= 0.6 is 0 Å². The molecule has 0 saturated carbocycles. The minimum absolute atomic E-state index is 0.0389. The van der Waals surface area contributed by atoms with Crippen LogP contribution in [-0.4, -0.2) is 34.4 Å². The summed E-state index contributed by atoms with van der Waals surface area (Å²) in [6.45, 7) is 5.43. The molecular formula is C26H29N3O5S. The number of para-hydroxylation sites is 2. The number of aryl methyl sites for hydroxylation is 1. The highest BCUT2D eigenvalue weighted by Crippen LogP contribution is 2.31. The fraction of sp³-hybridized carbons (Fsp3) is 0.231. The van der Waals surface area contributed by atoms with Gasteiger partial charge in [0.15, 0.2) is 0 Å². The second kappa shape index (κ2) is 10.6. The van der Waals surface area contributed by atoms with Crippen molar-refractivity contribution in [1.82, 2.24) is 0 Å². The lowest BCUT2D eigenvalue weighted by atomic mass is 10.1. The maximum Gasteiger partial charge on any atom is 0.264 e. The van der Waals surface area contributed by atoms with Gasteiger partial charge in [-0.05, 0) is 61.0 Å². The number of amides is 2. The minimum Gasteiger partial charge on any atom is -0.495 e. The molecule has 0 saturated heterocycles. The average Bonchev–Trinajstić information content (AvgIpc) is 2.85. The van der Waals surface area contributed by atoms with Gasteiger partial charge in [-0.1, -0.05) is 32.0 Å². The Hall–Kier alpha value is -3.85. The van der Waals surface area contributed by atoms with E-state index in [4.69, 9.17) is 4.74 Å². The van der Waals surface area contributed by atoms with Gasteiger partial charge in [-0.25, -0.2) is 8.42 Å². The van der Waals surface area contributed by atoms with Crippen LogP contribution in [0.3, 0.4) is 0 Å². The van der Waals surface area contributed by atoms with Crippen molar-refractivity contribution >= 4 is 38.9 Å². The first kappa shape index (κ1) is 25.8. The van der Waals surface area contributed by atoms with Crippen LogP contribution in [-0.2, 0) is 14.8 Å². The molecule has 3 aromatic rings. The van der Waals surface area contributed by atoms with Gasteiger partial charge in [0.1, 0.15) is 5.75 Å². The summed E-state index contributed by atoms with van der Waals surface area (Å²) in [5, 5.41) is 5.63. The van der Waals surface area contributed by atoms with E-state index < -0.39 is 15.9 Å². The van der Waals surface area contributed by atoms with Crippen LogP contribution in [0.5, 0.6) is 5.75 Å². The Kier molecular flexibility index (Phi) is 7.81. The molecule has 3 rings (SSSR count). The Morgan fingerprint density at radius 1 is 0.943 bits per heavy atom. The number of carbonyl (C=O) groups is 2. The molecule has 2 N–H and O–H groups in total. The van der Waals surface area contributed by atoms with Gasteiger partial charge in [-0.2, -0.15) is 0 Å². The van der Waals surface area contributed by atoms with Crippen molar-refractivity contribution in [3.05, 3.63) is 77.9 Å². The van der Waals surface area contributed by atoms with Crippen LogP contribution in [0.2, 0.25) is 0 Å². The number of carbonyl (C=O) groups excluding carboxylic acids is 2. The number of anilines is 3. The third-order valence-electron chi connectivity index (χ3n) is 5.48. The lowest BCUT2D eigenvalue weighted by Gasteiger charge is -2.21. The van der Waals surface area contributed by atoms with E-state index in [9.17, 15) is 18.0 Å². The van der Waals surface area contributed by atoms with E-state index >= 15 is 0 Å². The van der Waals surface area contributed by atoms with Gasteiger partial charge in [0.2, 0.25) is 5.91 Å². The van der Waals surface area contributed by atoms with Crippen molar-refractivity contribution in [3.63, 3.8) is 0 Å². The standard InChI is InChI=1S/C26H29N3O5S/c1-17(2)25(30)27-20-13-10-18(3)22(16-20)28-26(31)19-11-14-21(15-12-19)35(32,33)29(4)23-8-6-7-9-24(23)34-5/h6-17H,1-5H3,(H,27,30)(H,28,31). The fourth-order valence-corrected chi connectivity index (χ4v) is 4.48. The topological polar surface area (TPSA) is 105 Å². The highest BCUT2D eigenvalue weighted by molar-refractivity contribution is 7.92. The van der Waals surface area contributed by atoms with Gasteiger partial charge >= 0.3 is 0 Å². The van der Waals surface area contributed by atoms with Gasteiger partial charge in [0, 0.05) is 29.9 Å². The number of sulfonamides is 1. The highest BCUT2D eigenvalue weighted by atomic mass is 32.2. The number of methoxy groups -OCH3 is 1. The second-order valence-corrected chi connectivity index (χ2v) is 10.3. The van der Waals surface area contributed by atoms with Crippen molar-refractivity contribution in [2.75, 3.05) is 29.1 Å². The number of nitrogens with one attached hydrogen (secondary N) is 2. The van der Waals surface area contributed by atoms with Gasteiger partial charge < -0.3 is 15.4 Å². The zero-order chi connectivity index (χ0) is 25.8. The second-order valence-electron chi connectivity index (χ2n) is 8.30. The van der Waals surface area contributed by atoms with E-state index in [1.54, 1.807) is 56.3 Å². The molecule has 0 bridgehead atoms. The van der Waals surface area contributed by atoms with E-state index in [1.807, 2.05) is 6.92 Å². The van der Waals surface area contributed by atoms with Crippen LogP contribution in [0.25, 0.3) is 0 Å². The first-order valence-electron chi connectivity index (χ1n) is 11.0. The van der Waals surface area contributed by atoms with Crippen LogP contribution in [0.15, 0.2) is 71.6 Å². The molecule has 184 valence electrons. The zero-order valence-corrected chi connectivity index (χ0v) is 21.1. The Bertz CT molecular complexity index is 1340. The SMILES string of the molecule is COc1ccccc1N(C)S(=O)(=O)c1ccc(C(=O)Nc2cc(NC(=O)C(C)C)ccc2C)cc1. The average molecular weight is 496 g/mol. The number of hydrogen-bond donors (Lipinski definition) is 2. The maximum atomic E-state index is 13.1. The Labute approximate surface area is 206 Å². The van der Waals surface area contributed by atoms with Gasteiger partial charge in [-0.15, -0.1) is 0 Å². The summed E-state index contributed by atoms with van der Waals surface area (Å²) < 4.78 is 32.7. The summed E-state index contributed by atoms with van der Waals surface area (Å²) in [4.78, 5) is 24.9. The monoisotopic (exact) mass is 495 g/mol. The number of benzene rings is 3. The predicted molar refractivity (Wildman–Crippen MR) is 138 cm³/mol. The quantitative estimate of drug-likeness (QED) is 0.472. The first-order chi connectivity index (χ1) is 16.5. The van der Waals surface area contributed by atoms with Crippen LogP contribution in [0.1, 0.15) is 29.8 Å². The molecule has 0 aromatic heterocycles. The van der Waals surface area contributed by atoms with Gasteiger partial charge in [-0.3, -0.25) is 13.9 Å². The third-order valence-corrected chi connectivity index (χ3v) is 7.26. The smallest absolute Gasteiger partial charge is 0.264 e. The predicted octanol–water partition coefficient (Wildman–Crippen LogP) is 4.68. The fourth-order valence-electron chi connectivity index (χ4n) is 3.27. The van der Waals surface area contributed by atoms with E-state index in [0.717, 1.165) is 9.87 Å². The summed E-state index contributed by atoms with van der Waals surface area (Å²) in [5.41, 5.74) is 2.63. The van der Waals surface area contributed by atoms with Crippen molar-refractivity contribution in [2.45, 2.75) is 25.7 Å². The molecule has 35 heavy (non-hydrogen) atoms. The molecule has 0 spiro atoms. The molecule has 0 radical (unpaired) electrons. The normalized spacial score (nSPS) is 11.1. The molecular weight excluding hydrogens is 466 g/mol. The van der Waals surface area contributed by atoms with E-state index in [2.05, 4.69) is 10.6 Å². The highest BCUT2D eigenvalue weighted by Gasteiger charge is 2.24. The molecule has 2 amide bonds. The van der Waals surface area contributed by atoms with Crippen molar-refractivity contribution in [1.29, 1.82) is 0 Å². The molecule has 9 heteroatoms. The zero-order valence-electron chi connectivity index (χ0n) is 20.3. The molecule has 0 unspecified atom stereocenters. The van der Waals surface area contributed by atoms with Crippen molar-refractivity contribution < 1.29 is 22.7 Å². The number of rotatable bonds is 8. The lowest BCUT2D eigenvalue weighted by molar-refractivity contribution is -0.118. The number of ether oxygens (including phenoxy) is 1. The largest absolute Gasteiger partial charge is 0.495 e. The molecule has 0 heterocycles. The van der Waals surface area contributed by atoms with Gasteiger partial charge in [0.05, 0.1) is 17.7 Å². The van der Waals surface area contributed by atoms with E-state index in [1.165, 1.54) is 38.4 Å². The van der Waals surface area contributed by atoms with E-state index in [0.29, 0.717) is 28.4 Å². The van der Waals surface area contributed by atoms with E-state index in [-0.39, 0.29) is 16.7 Å². The molecule has 8 nitrogen and oxygen atoms in total. The number of nitrogens with zero attached hydrogens (tertiary/aromatic N) is 1. The van der Waals surface area contributed by atoms with Crippen LogP contribution < -0.4 is 19.7 Å². The Balaban J connectivity index is 1.79. The molecule has 0 aliphatic carbocycles. The molecule has 0 atom stereocenters. The summed E-state index contributed by atoms with van der Waals surface area (Å²) >= 11 is 0. The lowest BCUT2D eigenvalue weighted by Crippen LogP contribution is -2.27. The molecule has 0 aliphatic heterocycles. The Morgan fingerprint density at radius 3 is 2.23 bits per heavy atom. The maximum absolute atomic E-state index is 13.1. The summed E-state index contributed by atoms with van der Waals surface area (Å²) in [5.74, 6) is -0.272. The summed E-state index contributed by atoms with van der Waals surface area (Å²) in [6, 6.07) is 17.8. The number of hydrogen-bond acceptors (Lipinski definition) is 5. The van der Waals surface area contributed by atoms with Crippen molar-refractivity contribution in [3.8, 4) is 5.75 Å². The molecule has 0 aliphatic rings. The summed E-state index contributed by atoms with van der Waals surface area (Å²) in [6.07, 6.45) is 0. The van der Waals surface area contributed by atoms with Crippen LogP contribution in [0.4, 0.5) is 17.1 Å². The van der Waals surface area contributed by atoms with Crippen molar-refractivity contribution in [2.24, 2.45) is 5.92 Å². The first-order valence-corrected chi connectivity index (χ1v) is 12.4. The third kappa shape index (κ3) is 5.81. The van der Waals surface area contributed by atoms with Gasteiger partial charge in [0.25, 0.3) is 15.9 Å². The molecule has 3 aromatic carbocycles.